The van der Waals surface area contributed by atoms with Crippen LogP contribution in [-0.2, 0) is 11.2 Å². The maximum Gasteiger partial charge on any atom is 0.232 e. The first-order valence-corrected chi connectivity index (χ1v) is 7.77. The van der Waals surface area contributed by atoms with Crippen LogP contribution < -0.4 is 0 Å². The van der Waals surface area contributed by atoms with Crippen LogP contribution in [0.5, 0.6) is 0 Å². The molecular weight excluding hydrogens is 296 g/mol. The lowest BCUT2D eigenvalue weighted by atomic mass is 9.65. The smallest absolute Gasteiger partial charge is 0.232 e. The van der Waals surface area contributed by atoms with Crippen LogP contribution in [-0.4, -0.2) is 27.6 Å². The molecule has 4 rings (SSSR count). The summed E-state index contributed by atoms with van der Waals surface area (Å²) in [6, 6.07) is 3.33. The Balaban J connectivity index is 1.94. The van der Waals surface area contributed by atoms with Crippen LogP contribution in [0, 0.1) is 5.41 Å². The monoisotopic (exact) mass is 312 g/mol. The zero-order valence-electron chi connectivity index (χ0n) is 12.7. The molecule has 5 nitrogen and oxygen atoms in total. The number of aliphatic hydroxyl groups is 2. The molecule has 0 bridgehead atoms. The van der Waals surface area contributed by atoms with Gasteiger partial charge in [-0.2, -0.15) is 0 Å². The second-order valence-corrected chi connectivity index (χ2v) is 6.84. The highest BCUT2D eigenvalue weighted by atomic mass is 16.3. The fourth-order valence-electron chi connectivity index (χ4n) is 4.44. The molecule has 2 N–H and O–H groups in total. The highest BCUT2D eigenvalue weighted by Gasteiger charge is 2.50. The van der Waals surface area contributed by atoms with Gasteiger partial charge in [-0.25, -0.2) is 0 Å². The van der Waals surface area contributed by atoms with Crippen molar-refractivity contribution in [2.45, 2.75) is 38.5 Å². The Morgan fingerprint density at radius 2 is 1.74 bits per heavy atom. The summed E-state index contributed by atoms with van der Waals surface area (Å²) in [7, 11) is 0. The topological polar surface area (TPSA) is 91.7 Å². The number of aliphatic hydroxyl groups excluding tert-OH is 2. The lowest BCUT2D eigenvalue weighted by molar-refractivity contribution is -0.126. The first-order chi connectivity index (χ1) is 10.9. The van der Waals surface area contributed by atoms with Crippen molar-refractivity contribution in [3.8, 4) is 0 Å². The van der Waals surface area contributed by atoms with Gasteiger partial charge in [-0.3, -0.25) is 14.4 Å². The summed E-state index contributed by atoms with van der Waals surface area (Å²) in [5, 5.41) is 19.4. The summed E-state index contributed by atoms with van der Waals surface area (Å²) >= 11 is 0. The number of carbonyl (C=O) groups is 3. The van der Waals surface area contributed by atoms with Crippen molar-refractivity contribution in [1.82, 2.24) is 0 Å². The van der Waals surface area contributed by atoms with Gasteiger partial charge >= 0.3 is 0 Å². The summed E-state index contributed by atoms with van der Waals surface area (Å²) in [5.41, 5.74) is 1.61. The van der Waals surface area contributed by atoms with E-state index in [0.29, 0.717) is 19.3 Å². The fraction of sp³-hybridized carbons (Fsp3) is 0.389. The predicted octanol–water partition coefficient (Wildman–Crippen LogP) is 2.79. The third-order valence-corrected chi connectivity index (χ3v) is 5.81. The number of benzene rings is 1. The van der Waals surface area contributed by atoms with Crippen LogP contribution in [0.15, 0.2) is 23.7 Å². The molecule has 0 spiro atoms. The first-order valence-electron chi connectivity index (χ1n) is 7.77. The minimum Gasteiger partial charge on any atom is -0.501 e. The van der Waals surface area contributed by atoms with Crippen molar-refractivity contribution in [2.75, 3.05) is 0 Å². The second kappa shape index (κ2) is 4.31. The summed E-state index contributed by atoms with van der Waals surface area (Å²) < 4.78 is 0. The van der Waals surface area contributed by atoms with Gasteiger partial charge in [0.1, 0.15) is 5.78 Å². The van der Waals surface area contributed by atoms with E-state index in [0.717, 1.165) is 17.5 Å². The molecule has 0 aliphatic heterocycles. The van der Waals surface area contributed by atoms with Gasteiger partial charge in [-0.1, -0.05) is 13.0 Å². The van der Waals surface area contributed by atoms with Gasteiger partial charge in [0.05, 0.1) is 0 Å². The molecule has 0 amide bonds. The number of hydrogen-bond donors (Lipinski definition) is 2. The molecule has 3 aliphatic rings. The molecule has 118 valence electrons. The molecule has 23 heavy (non-hydrogen) atoms. The van der Waals surface area contributed by atoms with Crippen molar-refractivity contribution in [3.63, 3.8) is 0 Å². The van der Waals surface area contributed by atoms with Crippen LogP contribution in [0.4, 0.5) is 0 Å². The SMILES string of the molecule is C[C@]12CCc3c(ccc4c3C(=O)C(O)=C(O)C4=O)[C@@H]1CCC2=O. The number of ketones is 3. The quantitative estimate of drug-likeness (QED) is 0.768. The van der Waals surface area contributed by atoms with Gasteiger partial charge in [0, 0.05) is 23.0 Å². The van der Waals surface area contributed by atoms with Gasteiger partial charge in [0.2, 0.25) is 23.1 Å². The largest absolute Gasteiger partial charge is 0.501 e. The molecule has 1 aromatic carbocycles. The van der Waals surface area contributed by atoms with Crippen molar-refractivity contribution < 1.29 is 24.6 Å². The third-order valence-electron chi connectivity index (χ3n) is 5.81. The van der Waals surface area contributed by atoms with Gasteiger partial charge in [-0.15, -0.1) is 0 Å². The number of rotatable bonds is 0. The van der Waals surface area contributed by atoms with Crippen LogP contribution in [0.3, 0.4) is 0 Å². The normalized spacial score (nSPS) is 29.4. The molecule has 1 saturated carbocycles. The van der Waals surface area contributed by atoms with Gasteiger partial charge in [0.25, 0.3) is 0 Å². The average Bonchev–Trinajstić information content (AvgIpc) is 2.85. The maximum absolute atomic E-state index is 12.4. The molecule has 1 fully saturated rings. The summed E-state index contributed by atoms with van der Waals surface area (Å²) in [4.78, 5) is 36.8. The minimum absolute atomic E-state index is 0.0496. The van der Waals surface area contributed by atoms with Gasteiger partial charge in [-0.05, 0) is 42.4 Å². The lowest BCUT2D eigenvalue weighted by Crippen LogP contribution is -2.34. The Morgan fingerprint density at radius 1 is 1.04 bits per heavy atom. The van der Waals surface area contributed by atoms with Crippen molar-refractivity contribution >= 4 is 17.3 Å². The van der Waals surface area contributed by atoms with E-state index in [9.17, 15) is 24.6 Å². The van der Waals surface area contributed by atoms with E-state index in [1.165, 1.54) is 6.07 Å². The van der Waals surface area contributed by atoms with Crippen LogP contribution in [0.2, 0.25) is 0 Å². The molecule has 0 heterocycles. The highest BCUT2D eigenvalue weighted by Crippen LogP contribution is 2.54. The zero-order chi connectivity index (χ0) is 16.5. The van der Waals surface area contributed by atoms with Gasteiger partial charge in [0.15, 0.2) is 0 Å². The predicted molar refractivity (Wildman–Crippen MR) is 80.8 cm³/mol. The first kappa shape index (κ1) is 14.2. The Labute approximate surface area is 132 Å². The van der Waals surface area contributed by atoms with Crippen LogP contribution in [0.1, 0.15) is 63.9 Å². The maximum atomic E-state index is 12.4. The molecule has 0 aromatic heterocycles. The fourth-order valence-corrected chi connectivity index (χ4v) is 4.44. The van der Waals surface area contributed by atoms with E-state index in [1.807, 2.05) is 6.92 Å². The molecule has 5 heteroatoms. The Hall–Kier alpha value is -2.43. The van der Waals surface area contributed by atoms with Crippen molar-refractivity contribution in [1.29, 1.82) is 0 Å². The molecule has 2 atom stereocenters. The standard InChI is InChI=1S/C18H16O5/c1-18-7-6-9-8(11(18)4-5-12(18)19)2-3-10-13(9)15(21)17(23)16(22)14(10)20/h2-3,11,22-23H,4-7H2,1H3/t11-,18-/m0/s1. The number of hydrogen-bond acceptors (Lipinski definition) is 5. The van der Waals surface area contributed by atoms with Crippen LogP contribution >= 0.6 is 0 Å². The molecular formula is C18H16O5. The highest BCUT2D eigenvalue weighted by molar-refractivity contribution is 6.25. The molecule has 0 unspecified atom stereocenters. The molecule has 0 radical (unpaired) electrons. The van der Waals surface area contributed by atoms with E-state index >= 15 is 0 Å². The van der Waals surface area contributed by atoms with E-state index in [4.69, 9.17) is 0 Å². The van der Waals surface area contributed by atoms with Crippen LogP contribution in [0.25, 0.3) is 0 Å². The summed E-state index contributed by atoms with van der Waals surface area (Å²) in [5.74, 6) is -2.90. The van der Waals surface area contributed by atoms with E-state index in [1.54, 1.807) is 6.07 Å². The zero-order valence-corrected chi connectivity index (χ0v) is 12.7. The number of allylic oxidation sites excluding steroid dienone is 2. The molecule has 0 saturated heterocycles. The third kappa shape index (κ3) is 1.59. The molecule has 3 aliphatic carbocycles. The number of Topliss-reactive ketones (excluding diaryl/α,β-unsaturated/α-hetero) is 3. The summed E-state index contributed by atoms with van der Waals surface area (Å²) in [6.45, 7) is 1.98. The second-order valence-electron chi connectivity index (χ2n) is 6.84. The van der Waals surface area contributed by atoms with E-state index in [-0.39, 0.29) is 22.8 Å². The van der Waals surface area contributed by atoms with E-state index < -0.39 is 28.5 Å². The van der Waals surface area contributed by atoms with Crippen molar-refractivity contribution in [3.05, 3.63) is 45.9 Å². The average molecular weight is 312 g/mol. The van der Waals surface area contributed by atoms with E-state index in [2.05, 4.69) is 0 Å². The number of carbonyl (C=O) groups excluding carboxylic acids is 3. The van der Waals surface area contributed by atoms with Crippen molar-refractivity contribution in [2.24, 2.45) is 5.41 Å². The Bertz CT molecular complexity index is 832. The van der Waals surface area contributed by atoms with Gasteiger partial charge < -0.3 is 10.2 Å². The Morgan fingerprint density at radius 3 is 2.48 bits per heavy atom. The summed E-state index contributed by atoms with van der Waals surface area (Å²) in [6.07, 6.45) is 2.44. The number of fused-ring (bicyclic) bond motifs is 5. The lowest BCUT2D eigenvalue weighted by Gasteiger charge is -2.37. The molecule has 1 aromatic rings. The minimum atomic E-state index is -0.890. The Kier molecular flexibility index (Phi) is 2.66.